The van der Waals surface area contributed by atoms with Gasteiger partial charge in [0, 0.05) is 6.04 Å². The van der Waals surface area contributed by atoms with Crippen LogP contribution in [0, 0.1) is 0 Å². The zero-order chi connectivity index (χ0) is 6.97. The Morgan fingerprint density at radius 2 is 2.40 bits per heavy atom. The molecular formula is C8H15NO. The van der Waals surface area contributed by atoms with Gasteiger partial charge in [0.25, 0.3) is 0 Å². The van der Waals surface area contributed by atoms with Crippen molar-refractivity contribution in [2.45, 2.75) is 38.3 Å². The van der Waals surface area contributed by atoms with Crippen molar-refractivity contribution in [3.63, 3.8) is 0 Å². The minimum absolute atomic E-state index is 0.583. The summed E-state index contributed by atoms with van der Waals surface area (Å²) >= 11 is 0. The maximum Gasteiger partial charge on any atom is 0.0998 e. The number of likely N-dealkylation sites (N-methyl/N-ethyl adjacent to an activating group) is 1. The molecule has 2 fully saturated rings. The minimum atomic E-state index is 0.583. The SMILES string of the molecule is CCN1COC2CCC[C@@H]21. The summed E-state index contributed by atoms with van der Waals surface area (Å²) in [5, 5.41) is 0. The molecule has 58 valence electrons. The molecule has 0 aromatic heterocycles. The van der Waals surface area contributed by atoms with E-state index in [1.807, 2.05) is 0 Å². The molecule has 0 amide bonds. The first kappa shape index (κ1) is 6.62. The van der Waals surface area contributed by atoms with Gasteiger partial charge in [-0.1, -0.05) is 6.92 Å². The highest BCUT2D eigenvalue weighted by molar-refractivity contribution is 4.88. The van der Waals surface area contributed by atoms with E-state index in [4.69, 9.17) is 4.74 Å². The van der Waals surface area contributed by atoms with Crippen LogP contribution in [0.1, 0.15) is 26.2 Å². The molecule has 1 unspecified atom stereocenters. The summed E-state index contributed by atoms with van der Waals surface area (Å²) in [6.07, 6.45) is 4.60. The van der Waals surface area contributed by atoms with E-state index in [-0.39, 0.29) is 0 Å². The highest BCUT2D eigenvalue weighted by Gasteiger charge is 2.37. The van der Waals surface area contributed by atoms with Crippen molar-refractivity contribution in [1.29, 1.82) is 0 Å². The highest BCUT2D eigenvalue weighted by atomic mass is 16.5. The third-order valence-electron chi connectivity index (χ3n) is 2.75. The molecule has 0 aromatic rings. The molecule has 2 atom stereocenters. The Hall–Kier alpha value is -0.0800. The van der Waals surface area contributed by atoms with Gasteiger partial charge in [0.05, 0.1) is 12.8 Å². The van der Waals surface area contributed by atoms with Crippen molar-refractivity contribution < 1.29 is 4.74 Å². The molecule has 1 heterocycles. The molecule has 1 saturated carbocycles. The van der Waals surface area contributed by atoms with Crippen LogP contribution in [0.5, 0.6) is 0 Å². The lowest BCUT2D eigenvalue weighted by molar-refractivity contribution is 0.0880. The molecule has 2 heteroatoms. The quantitative estimate of drug-likeness (QED) is 0.544. The predicted octanol–water partition coefficient (Wildman–Crippen LogP) is 1.22. The molecule has 0 radical (unpaired) electrons. The zero-order valence-electron chi connectivity index (χ0n) is 6.55. The highest BCUT2D eigenvalue weighted by Crippen LogP contribution is 2.31. The standard InChI is InChI=1S/C8H15NO/c1-2-9-6-10-8-5-3-4-7(8)9/h7-8H,2-6H2,1H3/t7-,8?/m0/s1. The van der Waals surface area contributed by atoms with Crippen molar-refractivity contribution in [2.75, 3.05) is 13.3 Å². The number of rotatable bonds is 1. The second kappa shape index (κ2) is 2.51. The smallest absolute Gasteiger partial charge is 0.0998 e. The monoisotopic (exact) mass is 141 g/mol. The van der Waals surface area contributed by atoms with Crippen LogP contribution < -0.4 is 0 Å². The van der Waals surface area contributed by atoms with Crippen molar-refractivity contribution in [3.8, 4) is 0 Å². The topological polar surface area (TPSA) is 12.5 Å². The lowest BCUT2D eigenvalue weighted by Crippen LogP contribution is -2.31. The van der Waals surface area contributed by atoms with Crippen molar-refractivity contribution in [2.24, 2.45) is 0 Å². The first-order chi connectivity index (χ1) is 4.92. The number of nitrogens with zero attached hydrogens (tertiary/aromatic N) is 1. The van der Waals surface area contributed by atoms with Gasteiger partial charge >= 0.3 is 0 Å². The fraction of sp³-hybridized carbons (Fsp3) is 1.00. The molecule has 0 aromatic carbocycles. The lowest BCUT2D eigenvalue weighted by atomic mass is 10.2. The van der Waals surface area contributed by atoms with Gasteiger partial charge < -0.3 is 4.74 Å². The number of fused-ring (bicyclic) bond motifs is 1. The van der Waals surface area contributed by atoms with Gasteiger partial charge in [0.1, 0.15) is 0 Å². The normalized spacial score (nSPS) is 40.5. The van der Waals surface area contributed by atoms with E-state index in [1.54, 1.807) is 0 Å². The molecule has 2 aliphatic rings. The molecule has 10 heavy (non-hydrogen) atoms. The van der Waals surface area contributed by atoms with Crippen LogP contribution in [-0.2, 0) is 4.74 Å². The van der Waals surface area contributed by atoms with Gasteiger partial charge in [-0.05, 0) is 25.8 Å². The molecular weight excluding hydrogens is 126 g/mol. The summed E-state index contributed by atoms with van der Waals surface area (Å²) < 4.78 is 5.61. The Bertz CT molecular complexity index is 126. The van der Waals surface area contributed by atoms with Gasteiger partial charge in [0.15, 0.2) is 0 Å². The largest absolute Gasteiger partial charge is 0.361 e. The Kier molecular flexibility index (Phi) is 1.66. The average molecular weight is 141 g/mol. The Morgan fingerprint density at radius 1 is 1.50 bits per heavy atom. The predicted molar refractivity (Wildman–Crippen MR) is 39.8 cm³/mol. The van der Waals surface area contributed by atoms with Gasteiger partial charge in [-0.15, -0.1) is 0 Å². The average Bonchev–Trinajstić information content (AvgIpc) is 2.44. The summed E-state index contributed by atoms with van der Waals surface area (Å²) in [6, 6.07) is 0.769. The number of ether oxygens (including phenoxy) is 1. The summed E-state index contributed by atoms with van der Waals surface area (Å²) in [7, 11) is 0. The van der Waals surface area contributed by atoms with Crippen LogP contribution >= 0.6 is 0 Å². The van der Waals surface area contributed by atoms with Crippen molar-refractivity contribution in [1.82, 2.24) is 4.90 Å². The molecule has 1 aliphatic carbocycles. The van der Waals surface area contributed by atoms with Crippen molar-refractivity contribution >= 4 is 0 Å². The Morgan fingerprint density at radius 3 is 3.20 bits per heavy atom. The first-order valence-corrected chi connectivity index (χ1v) is 4.27. The van der Waals surface area contributed by atoms with Crippen molar-refractivity contribution in [3.05, 3.63) is 0 Å². The fourth-order valence-corrected chi connectivity index (χ4v) is 2.13. The van der Waals surface area contributed by atoms with E-state index >= 15 is 0 Å². The Labute approximate surface area is 62.2 Å². The van der Waals surface area contributed by atoms with Crippen LogP contribution in [0.4, 0.5) is 0 Å². The van der Waals surface area contributed by atoms with E-state index in [2.05, 4.69) is 11.8 Å². The fourth-order valence-electron chi connectivity index (χ4n) is 2.13. The lowest BCUT2D eigenvalue weighted by Gasteiger charge is -2.17. The number of hydrogen-bond acceptors (Lipinski definition) is 2. The van der Waals surface area contributed by atoms with Crippen LogP contribution in [0.2, 0.25) is 0 Å². The molecule has 1 aliphatic heterocycles. The van der Waals surface area contributed by atoms with Gasteiger partial charge in [-0.3, -0.25) is 4.90 Å². The molecule has 2 nitrogen and oxygen atoms in total. The minimum Gasteiger partial charge on any atom is -0.361 e. The maximum absolute atomic E-state index is 5.61. The third kappa shape index (κ3) is 0.867. The maximum atomic E-state index is 5.61. The van der Waals surface area contributed by atoms with E-state index in [0.29, 0.717) is 6.10 Å². The Balaban J connectivity index is 2.01. The van der Waals surface area contributed by atoms with Crippen LogP contribution in [0.25, 0.3) is 0 Å². The van der Waals surface area contributed by atoms with E-state index in [0.717, 1.165) is 19.3 Å². The zero-order valence-corrected chi connectivity index (χ0v) is 6.55. The molecule has 0 bridgehead atoms. The summed E-state index contributed by atoms with van der Waals surface area (Å²) in [5.41, 5.74) is 0. The molecule has 0 N–H and O–H groups in total. The molecule has 1 saturated heterocycles. The second-order valence-electron chi connectivity index (χ2n) is 3.24. The van der Waals surface area contributed by atoms with E-state index in [9.17, 15) is 0 Å². The van der Waals surface area contributed by atoms with E-state index < -0.39 is 0 Å². The van der Waals surface area contributed by atoms with Crippen LogP contribution in [0.15, 0.2) is 0 Å². The van der Waals surface area contributed by atoms with Gasteiger partial charge in [0.2, 0.25) is 0 Å². The van der Waals surface area contributed by atoms with Crippen LogP contribution in [-0.4, -0.2) is 30.3 Å². The van der Waals surface area contributed by atoms with E-state index in [1.165, 1.54) is 19.3 Å². The second-order valence-corrected chi connectivity index (χ2v) is 3.24. The van der Waals surface area contributed by atoms with Gasteiger partial charge in [-0.25, -0.2) is 0 Å². The number of hydrogen-bond donors (Lipinski definition) is 0. The summed E-state index contributed by atoms with van der Waals surface area (Å²) in [5.74, 6) is 0. The summed E-state index contributed by atoms with van der Waals surface area (Å²) in [4.78, 5) is 2.44. The third-order valence-corrected chi connectivity index (χ3v) is 2.75. The van der Waals surface area contributed by atoms with Gasteiger partial charge in [-0.2, -0.15) is 0 Å². The molecule has 0 spiro atoms. The summed E-state index contributed by atoms with van der Waals surface area (Å²) in [6.45, 7) is 4.25. The first-order valence-electron chi connectivity index (χ1n) is 4.27. The molecule has 2 rings (SSSR count). The van der Waals surface area contributed by atoms with Crippen LogP contribution in [0.3, 0.4) is 0 Å².